The van der Waals surface area contributed by atoms with E-state index in [1.54, 1.807) is 6.20 Å². The molecule has 4 heteroatoms. The zero-order valence-corrected chi connectivity index (χ0v) is 15.4. The summed E-state index contributed by atoms with van der Waals surface area (Å²) in [5.74, 6) is 0.0844. The molecule has 3 aromatic rings. The number of rotatable bonds is 2. The molecule has 1 aliphatic rings. The first kappa shape index (κ1) is 16.5. The van der Waals surface area contributed by atoms with Gasteiger partial charge in [-0.3, -0.25) is 19.7 Å². The van der Waals surface area contributed by atoms with Gasteiger partial charge in [0.05, 0.1) is 16.8 Å². The molecule has 1 aromatic carbocycles. The van der Waals surface area contributed by atoms with Crippen LogP contribution >= 0.6 is 0 Å². The Morgan fingerprint density at radius 3 is 2.19 bits per heavy atom. The first-order valence-electron chi connectivity index (χ1n) is 8.73. The smallest absolute Gasteiger partial charge is 0.241 e. The fourth-order valence-corrected chi connectivity index (χ4v) is 3.58. The quantitative estimate of drug-likeness (QED) is 0.676. The number of hydrogen-bond donors (Lipinski definition) is 0. The lowest BCUT2D eigenvalue weighted by atomic mass is 9.85. The number of pyridine rings is 2. The molecule has 4 nitrogen and oxygen atoms in total. The summed E-state index contributed by atoms with van der Waals surface area (Å²) in [6.45, 7) is 7.89. The molecule has 0 saturated heterocycles. The number of benzene rings is 1. The second kappa shape index (κ2) is 5.77. The molecule has 130 valence electrons. The van der Waals surface area contributed by atoms with Crippen LogP contribution in [0, 0.1) is 13.8 Å². The lowest BCUT2D eigenvalue weighted by molar-refractivity contribution is -0.121. The van der Waals surface area contributed by atoms with Crippen LogP contribution in [0.1, 0.15) is 30.8 Å². The van der Waals surface area contributed by atoms with E-state index in [4.69, 9.17) is 0 Å². The average molecular weight is 343 g/mol. The Morgan fingerprint density at radius 2 is 1.50 bits per heavy atom. The van der Waals surface area contributed by atoms with Gasteiger partial charge in [-0.1, -0.05) is 12.1 Å². The summed E-state index contributed by atoms with van der Waals surface area (Å²) < 4.78 is 0. The van der Waals surface area contributed by atoms with Gasteiger partial charge in [-0.15, -0.1) is 0 Å². The predicted molar refractivity (Wildman–Crippen MR) is 104 cm³/mol. The highest BCUT2D eigenvalue weighted by Crippen LogP contribution is 2.46. The van der Waals surface area contributed by atoms with E-state index < -0.39 is 5.41 Å². The summed E-state index contributed by atoms with van der Waals surface area (Å²) in [5.41, 5.74) is 6.34. The van der Waals surface area contributed by atoms with Gasteiger partial charge in [-0.25, -0.2) is 0 Å². The van der Waals surface area contributed by atoms with Crippen molar-refractivity contribution < 1.29 is 4.79 Å². The first-order valence-corrected chi connectivity index (χ1v) is 8.73. The van der Waals surface area contributed by atoms with Crippen LogP contribution in [0.4, 0.5) is 11.4 Å². The Bertz CT molecular complexity index is 1020. The zero-order valence-electron chi connectivity index (χ0n) is 15.4. The minimum atomic E-state index is -0.556. The van der Waals surface area contributed by atoms with Gasteiger partial charge in [-0.05, 0) is 74.7 Å². The summed E-state index contributed by atoms with van der Waals surface area (Å²) in [6, 6.07) is 14.2. The van der Waals surface area contributed by atoms with Crippen LogP contribution in [0.25, 0.3) is 11.1 Å². The van der Waals surface area contributed by atoms with Crippen LogP contribution in [0.15, 0.2) is 54.9 Å². The normalized spacial score (nSPS) is 15.2. The van der Waals surface area contributed by atoms with Gasteiger partial charge in [0, 0.05) is 23.8 Å². The molecule has 0 N–H and O–H groups in total. The lowest BCUT2D eigenvalue weighted by Gasteiger charge is -2.20. The van der Waals surface area contributed by atoms with E-state index in [9.17, 15) is 4.79 Å². The molecule has 0 atom stereocenters. The van der Waals surface area contributed by atoms with Gasteiger partial charge >= 0.3 is 0 Å². The van der Waals surface area contributed by atoms with Gasteiger partial charge < -0.3 is 0 Å². The summed E-state index contributed by atoms with van der Waals surface area (Å²) in [6.07, 6.45) is 3.57. The van der Waals surface area contributed by atoms with Crippen LogP contribution in [-0.4, -0.2) is 15.9 Å². The van der Waals surface area contributed by atoms with Crippen LogP contribution in [0.2, 0.25) is 0 Å². The van der Waals surface area contributed by atoms with E-state index in [0.29, 0.717) is 0 Å². The SMILES string of the molecule is Cc1cc(-c2ccc3c(c2)N(c2ccnc(C)c2)C(=O)C3(C)C)ccn1. The highest BCUT2D eigenvalue weighted by Gasteiger charge is 2.44. The standard InChI is InChI=1S/C22H21N3O/c1-14-11-17(7-9-23-14)16-5-6-19-20(13-16)25(21(26)22(19,3)4)18-8-10-24-15(2)12-18/h5-13H,1-4H3. The number of fused-ring (bicyclic) bond motifs is 1. The van der Waals surface area contributed by atoms with Crippen molar-refractivity contribution in [3.63, 3.8) is 0 Å². The average Bonchev–Trinajstić information content (AvgIpc) is 2.81. The molecule has 26 heavy (non-hydrogen) atoms. The second-order valence-electron chi connectivity index (χ2n) is 7.34. The van der Waals surface area contributed by atoms with E-state index in [-0.39, 0.29) is 5.91 Å². The maximum Gasteiger partial charge on any atom is 0.241 e. The van der Waals surface area contributed by atoms with Crippen molar-refractivity contribution in [2.24, 2.45) is 0 Å². The molecule has 0 saturated carbocycles. The third-order valence-electron chi connectivity index (χ3n) is 5.02. The highest BCUT2D eigenvalue weighted by atomic mass is 16.2. The lowest BCUT2D eigenvalue weighted by Crippen LogP contribution is -2.33. The number of anilines is 2. The topological polar surface area (TPSA) is 46.1 Å². The molecule has 0 radical (unpaired) electrons. The minimum absolute atomic E-state index is 0.0844. The van der Waals surface area contributed by atoms with Crippen molar-refractivity contribution in [3.05, 3.63) is 71.8 Å². The van der Waals surface area contributed by atoms with Crippen LogP contribution in [0.3, 0.4) is 0 Å². The van der Waals surface area contributed by atoms with Crippen LogP contribution in [-0.2, 0) is 10.2 Å². The molecule has 2 aromatic heterocycles. The third-order valence-corrected chi connectivity index (χ3v) is 5.02. The maximum absolute atomic E-state index is 13.2. The van der Waals surface area contributed by atoms with E-state index >= 15 is 0 Å². The fraction of sp³-hybridized carbons (Fsp3) is 0.227. The molecule has 3 heterocycles. The summed E-state index contributed by atoms with van der Waals surface area (Å²) in [5, 5.41) is 0. The van der Waals surface area contributed by atoms with Crippen molar-refractivity contribution in [1.29, 1.82) is 0 Å². The van der Waals surface area contributed by atoms with Gasteiger partial charge in [0.15, 0.2) is 0 Å². The number of carbonyl (C=O) groups excluding carboxylic acids is 1. The van der Waals surface area contributed by atoms with Crippen molar-refractivity contribution >= 4 is 17.3 Å². The summed E-state index contributed by atoms with van der Waals surface area (Å²) >= 11 is 0. The maximum atomic E-state index is 13.2. The Kier molecular flexibility index (Phi) is 3.65. The Morgan fingerprint density at radius 1 is 0.846 bits per heavy atom. The second-order valence-corrected chi connectivity index (χ2v) is 7.34. The van der Waals surface area contributed by atoms with Crippen molar-refractivity contribution in [2.75, 3.05) is 4.90 Å². The molecular formula is C22H21N3O. The van der Waals surface area contributed by atoms with E-state index in [1.807, 2.05) is 57.0 Å². The van der Waals surface area contributed by atoms with Gasteiger partial charge in [0.2, 0.25) is 5.91 Å². The molecule has 1 amide bonds. The zero-order chi connectivity index (χ0) is 18.5. The first-order chi connectivity index (χ1) is 12.4. The highest BCUT2D eigenvalue weighted by molar-refractivity contribution is 6.13. The monoisotopic (exact) mass is 343 g/mol. The molecule has 0 unspecified atom stereocenters. The Balaban J connectivity index is 1.90. The van der Waals surface area contributed by atoms with E-state index in [0.717, 1.165) is 39.5 Å². The number of aryl methyl sites for hydroxylation is 2. The molecule has 0 aliphatic carbocycles. The van der Waals surface area contributed by atoms with Crippen LogP contribution < -0.4 is 4.90 Å². The summed E-state index contributed by atoms with van der Waals surface area (Å²) in [4.78, 5) is 23.5. The van der Waals surface area contributed by atoms with Crippen molar-refractivity contribution in [3.8, 4) is 11.1 Å². The Hall–Kier alpha value is -3.01. The molecule has 4 rings (SSSR count). The van der Waals surface area contributed by atoms with Crippen molar-refractivity contribution in [1.82, 2.24) is 9.97 Å². The van der Waals surface area contributed by atoms with Crippen molar-refractivity contribution in [2.45, 2.75) is 33.1 Å². The number of carbonyl (C=O) groups is 1. The molecule has 0 spiro atoms. The number of amides is 1. The number of aromatic nitrogens is 2. The number of nitrogens with zero attached hydrogens (tertiary/aromatic N) is 3. The largest absolute Gasteiger partial charge is 0.280 e. The van der Waals surface area contributed by atoms with Gasteiger partial charge in [-0.2, -0.15) is 0 Å². The van der Waals surface area contributed by atoms with E-state index in [2.05, 4.69) is 34.2 Å². The predicted octanol–water partition coefficient (Wildman–Crippen LogP) is 4.72. The summed E-state index contributed by atoms with van der Waals surface area (Å²) in [7, 11) is 0. The van der Waals surface area contributed by atoms with E-state index in [1.165, 1.54) is 0 Å². The number of hydrogen-bond acceptors (Lipinski definition) is 3. The third kappa shape index (κ3) is 2.49. The molecule has 0 fully saturated rings. The molecular weight excluding hydrogens is 322 g/mol. The Labute approximate surface area is 153 Å². The minimum Gasteiger partial charge on any atom is -0.280 e. The fourth-order valence-electron chi connectivity index (χ4n) is 3.58. The van der Waals surface area contributed by atoms with Gasteiger partial charge in [0.1, 0.15) is 0 Å². The van der Waals surface area contributed by atoms with Crippen LogP contribution in [0.5, 0.6) is 0 Å². The molecule has 0 bridgehead atoms. The van der Waals surface area contributed by atoms with Gasteiger partial charge in [0.25, 0.3) is 0 Å². The molecule has 1 aliphatic heterocycles.